The molecule has 0 fully saturated rings. The summed E-state index contributed by atoms with van der Waals surface area (Å²) in [4.78, 5) is 11.5. The van der Waals surface area contributed by atoms with Crippen molar-refractivity contribution in [3.05, 3.63) is 28.2 Å². The highest BCUT2D eigenvalue weighted by Crippen LogP contribution is 2.25. The number of halogens is 3. The third kappa shape index (κ3) is 6.90. The quantitative estimate of drug-likeness (QED) is 0.543. The first-order chi connectivity index (χ1) is 9.13. The predicted molar refractivity (Wildman–Crippen MR) is 80.6 cm³/mol. The lowest BCUT2D eigenvalue weighted by Crippen LogP contribution is -2.14. The highest BCUT2D eigenvalue weighted by molar-refractivity contribution is 6.35. The molecule has 1 aromatic carbocycles. The molecule has 0 aliphatic rings. The molecule has 0 atom stereocenters. The number of nitrogens with one attached hydrogen (secondary N) is 1. The molecule has 0 aromatic heterocycles. The van der Waals surface area contributed by atoms with Crippen molar-refractivity contribution >= 4 is 46.6 Å². The molecule has 0 unspecified atom stereocenters. The number of alkyl halides is 1. The van der Waals surface area contributed by atoms with Crippen LogP contribution in [0.25, 0.3) is 0 Å². The van der Waals surface area contributed by atoms with Gasteiger partial charge in [0.15, 0.2) is 0 Å². The fraction of sp³-hybridized carbons (Fsp3) is 0.462. The molecule has 0 saturated carbocycles. The molecule has 1 N–H and O–H groups in total. The normalized spacial score (nSPS) is 10.3. The number of anilines is 1. The van der Waals surface area contributed by atoms with Gasteiger partial charge in [0.1, 0.15) is 0 Å². The van der Waals surface area contributed by atoms with Crippen LogP contribution in [0.4, 0.5) is 10.5 Å². The summed E-state index contributed by atoms with van der Waals surface area (Å²) in [5.41, 5.74) is 0.446. The zero-order valence-electron chi connectivity index (χ0n) is 10.4. The summed E-state index contributed by atoms with van der Waals surface area (Å²) < 4.78 is 5.04. The van der Waals surface area contributed by atoms with Gasteiger partial charge in [-0.05, 0) is 31.0 Å². The van der Waals surface area contributed by atoms with Gasteiger partial charge in [0.25, 0.3) is 0 Å². The Morgan fingerprint density at radius 3 is 2.63 bits per heavy atom. The topological polar surface area (TPSA) is 38.3 Å². The van der Waals surface area contributed by atoms with E-state index in [2.05, 4.69) is 5.32 Å². The van der Waals surface area contributed by atoms with Crippen LogP contribution in [0.15, 0.2) is 18.2 Å². The molecular formula is C13H16Cl3NO2. The fourth-order valence-corrected chi connectivity index (χ4v) is 1.98. The number of hydrogen-bond acceptors (Lipinski definition) is 2. The molecule has 0 saturated heterocycles. The Hall–Kier alpha value is -0.640. The lowest BCUT2D eigenvalue weighted by Gasteiger charge is -2.08. The largest absolute Gasteiger partial charge is 0.449 e. The maximum absolute atomic E-state index is 11.5. The second-order valence-corrected chi connectivity index (χ2v) is 5.21. The molecule has 19 heavy (non-hydrogen) atoms. The zero-order chi connectivity index (χ0) is 14.1. The highest BCUT2D eigenvalue weighted by atomic mass is 35.5. The van der Waals surface area contributed by atoms with Crippen molar-refractivity contribution in [3.63, 3.8) is 0 Å². The zero-order valence-corrected chi connectivity index (χ0v) is 12.7. The van der Waals surface area contributed by atoms with Crippen LogP contribution in [0, 0.1) is 0 Å². The predicted octanol–water partition coefficient (Wildman–Crippen LogP) is 5.34. The van der Waals surface area contributed by atoms with E-state index in [0.29, 0.717) is 28.2 Å². The van der Waals surface area contributed by atoms with Gasteiger partial charge in [0.2, 0.25) is 0 Å². The molecule has 1 aromatic rings. The number of hydrogen-bond donors (Lipinski definition) is 1. The van der Waals surface area contributed by atoms with Gasteiger partial charge >= 0.3 is 6.09 Å². The van der Waals surface area contributed by atoms with E-state index in [9.17, 15) is 4.79 Å². The van der Waals surface area contributed by atoms with E-state index in [1.807, 2.05) is 0 Å². The van der Waals surface area contributed by atoms with Crippen molar-refractivity contribution in [2.45, 2.75) is 25.7 Å². The average molecular weight is 325 g/mol. The van der Waals surface area contributed by atoms with Gasteiger partial charge in [0.05, 0.1) is 17.3 Å². The monoisotopic (exact) mass is 323 g/mol. The first-order valence-electron chi connectivity index (χ1n) is 6.08. The van der Waals surface area contributed by atoms with E-state index in [0.717, 1.165) is 25.7 Å². The Morgan fingerprint density at radius 2 is 1.89 bits per heavy atom. The number of ether oxygens (including phenoxy) is 1. The first-order valence-corrected chi connectivity index (χ1v) is 7.37. The molecule has 0 bridgehead atoms. The minimum absolute atomic E-state index is 0.381. The second-order valence-electron chi connectivity index (χ2n) is 3.99. The van der Waals surface area contributed by atoms with Gasteiger partial charge in [-0.15, -0.1) is 11.6 Å². The van der Waals surface area contributed by atoms with E-state index < -0.39 is 6.09 Å². The van der Waals surface area contributed by atoms with Crippen LogP contribution in [-0.2, 0) is 4.74 Å². The summed E-state index contributed by atoms with van der Waals surface area (Å²) in [5, 5.41) is 3.48. The average Bonchev–Trinajstić information content (AvgIpc) is 2.38. The molecule has 0 aliphatic heterocycles. The number of amides is 1. The molecule has 0 radical (unpaired) electrons. The molecule has 1 amide bonds. The summed E-state index contributed by atoms with van der Waals surface area (Å²) >= 11 is 17.3. The maximum Gasteiger partial charge on any atom is 0.411 e. The SMILES string of the molecule is O=C(Nc1cc(Cl)ccc1Cl)OCCCCCCCl. The van der Waals surface area contributed by atoms with E-state index in [-0.39, 0.29) is 0 Å². The number of carbonyl (C=O) groups excluding carboxylic acids is 1. The van der Waals surface area contributed by atoms with Crippen molar-refractivity contribution < 1.29 is 9.53 Å². The third-order valence-corrected chi connectivity index (χ3v) is 3.26. The van der Waals surface area contributed by atoms with Gasteiger partial charge in [-0.3, -0.25) is 5.32 Å². The highest BCUT2D eigenvalue weighted by Gasteiger charge is 2.07. The molecule has 6 heteroatoms. The van der Waals surface area contributed by atoms with Crippen molar-refractivity contribution in [2.75, 3.05) is 17.8 Å². The van der Waals surface area contributed by atoms with Crippen LogP contribution >= 0.6 is 34.8 Å². The van der Waals surface area contributed by atoms with E-state index in [1.54, 1.807) is 18.2 Å². The van der Waals surface area contributed by atoms with Gasteiger partial charge in [-0.25, -0.2) is 4.79 Å². The Labute approximate surface area is 128 Å². The van der Waals surface area contributed by atoms with Gasteiger partial charge < -0.3 is 4.74 Å². The minimum atomic E-state index is -0.526. The molecule has 0 heterocycles. The number of carbonyl (C=O) groups is 1. The Kier molecular flexibility index (Phi) is 8.03. The van der Waals surface area contributed by atoms with Gasteiger partial charge in [0, 0.05) is 10.9 Å². The molecule has 0 aliphatic carbocycles. The van der Waals surface area contributed by atoms with Crippen molar-refractivity contribution in [1.29, 1.82) is 0 Å². The van der Waals surface area contributed by atoms with Crippen LogP contribution < -0.4 is 5.32 Å². The summed E-state index contributed by atoms with van der Waals surface area (Å²) in [5.74, 6) is 0.675. The van der Waals surface area contributed by atoms with Crippen LogP contribution in [0.1, 0.15) is 25.7 Å². The number of unbranched alkanes of at least 4 members (excludes halogenated alkanes) is 3. The van der Waals surface area contributed by atoms with E-state index in [4.69, 9.17) is 39.5 Å². The maximum atomic E-state index is 11.5. The second kappa shape index (κ2) is 9.29. The van der Waals surface area contributed by atoms with Crippen molar-refractivity contribution in [1.82, 2.24) is 0 Å². The summed E-state index contributed by atoms with van der Waals surface area (Å²) in [6.07, 6.45) is 3.34. The lowest BCUT2D eigenvalue weighted by atomic mass is 10.2. The number of rotatable bonds is 7. The first kappa shape index (κ1) is 16.4. The van der Waals surface area contributed by atoms with Crippen LogP contribution in [-0.4, -0.2) is 18.6 Å². The third-order valence-electron chi connectivity index (χ3n) is 2.43. The molecule has 3 nitrogen and oxygen atoms in total. The lowest BCUT2D eigenvalue weighted by molar-refractivity contribution is 0.159. The Balaban J connectivity index is 2.25. The molecule has 106 valence electrons. The van der Waals surface area contributed by atoms with Crippen molar-refractivity contribution in [3.8, 4) is 0 Å². The molecule has 0 spiro atoms. The molecule has 1 rings (SSSR count). The van der Waals surface area contributed by atoms with E-state index in [1.165, 1.54) is 0 Å². The van der Waals surface area contributed by atoms with Gasteiger partial charge in [-0.2, -0.15) is 0 Å². The molecular weight excluding hydrogens is 309 g/mol. The van der Waals surface area contributed by atoms with Crippen molar-refractivity contribution in [2.24, 2.45) is 0 Å². The van der Waals surface area contributed by atoms with Crippen LogP contribution in [0.5, 0.6) is 0 Å². The van der Waals surface area contributed by atoms with Gasteiger partial charge in [-0.1, -0.05) is 36.0 Å². The number of benzene rings is 1. The standard InChI is InChI=1S/C13H16Cl3NO2/c14-7-3-1-2-4-8-19-13(18)17-12-9-10(15)5-6-11(12)16/h5-6,9H,1-4,7-8H2,(H,17,18). The summed E-state index contributed by atoms with van der Waals surface area (Å²) in [6.45, 7) is 0.381. The summed E-state index contributed by atoms with van der Waals surface area (Å²) in [7, 11) is 0. The minimum Gasteiger partial charge on any atom is -0.449 e. The Bertz CT molecular complexity index is 413. The summed E-state index contributed by atoms with van der Waals surface area (Å²) in [6, 6.07) is 4.84. The van der Waals surface area contributed by atoms with Crippen LogP contribution in [0.2, 0.25) is 10.0 Å². The Morgan fingerprint density at radius 1 is 1.16 bits per heavy atom. The van der Waals surface area contributed by atoms with E-state index >= 15 is 0 Å². The smallest absolute Gasteiger partial charge is 0.411 e. The van der Waals surface area contributed by atoms with Crippen LogP contribution in [0.3, 0.4) is 0 Å². The fourth-order valence-electron chi connectivity index (χ4n) is 1.45.